The second-order valence-electron chi connectivity index (χ2n) is 9.05. The van der Waals surface area contributed by atoms with Gasteiger partial charge in [0.05, 0.1) is 5.60 Å². The molecule has 3 nitrogen and oxygen atoms in total. The van der Waals surface area contributed by atoms with E-state index in [-0.39, 0.29) is 11.2 Å². The van der Waals surface area contributed by atoms with Crippen LogP contribution in [0.25, 0.3) is 0 Å². The van der Waals surface area contributed by atoms with Crippen LogP contribution in [0, 0.1) is 5.92 Å². The molecule has 2 aromatic rings. The van der Waals surface area contributed by atoms with Crippen LogP contribution in [-0.2, 0) is 17.4 Å². The summed E-state index contributed by atoms with van der Waals surface area (Å²) in [6, 6.07) is 15.7. The highest BCUT2D eigenvalue weighted by molar-refractivity contribution is 5.94. The average molecular weight is 379 g/mol. The number of hydrogen-bond donors (Lipinski definition) is 2. The number of rotatable bonds is 3. The molecule has 2 N–H and O–H groups in total. The van der Waals surface area contributed by atoms with Crippen molar-refractivity contribution < 1.29 is 15.0 Å². The normalized spacial score (nSPS) is 34.4. The lowest BCUT2D eigenvalue weighted by Crippen LogP contribution is -2.62. The number of ketones is 1. The molecule has 148 valence electrons. The summed E-state index contributed by atoms with van der Waals surface area (Å²) in [6.07, 6.45) is 3.85. The Morgan fingerprint density at radius 1 is 1.14 bits per heavy atom. The summed E-state index contributed by atoms with van der Waals surface area (Å²) in [5.74, 6) is 0.378. The summed E-state index contributed by atoms with van der Waals surface area (Å²) >= 11 is 0. The highest BCUT2D eigenvalue weighted by Gasteiger charge is 2.60. The van der Waals surface area contributed by atoms with E-state index in [1.165, 1.54) is 11.1 Å². The smallest absolute Gasteiger partial charge is 0.159 e. The molecule has 1 saturated carbocycles. The van der Waals surface area contributed by atoms with Gasteiger partial charge in [-0.05, 0) is 74.6 Å². The fourth-order valence-corrected chi connectivity index (χ4v) is 5.95. The van der Waals surface area contributed by atoms with Gasteiger partial charge in [-0.3, -0.25) is 4.79 Å². The number of carbonyl (C=O) groups excluding carboxylic acids is 1. The van der Waals surface area contributed by atoms with Crippen LogP contribution in [-0.4, -0.2) is 21.6 Å². The largest absolute Gasteiger partial charge is 0.387 e. The quantitative estimate of drug-likeness (QED) is 0.772. The first kappa shape index (κ1) is 19.4. The number of hydrogen-bond acceptors (Lipinski definition) is 3. The molecule has 0 amide bonds. The van der Waals surface area contributed by atoms with E-state index in [0.717, 1.165) is 30.4 Å². The van der Waals surface area contributed by atoms with Crippen molar-refractivity contribution in [3.05, 3.63) is 70.8 Å². The molecule has 3 heteroatoms. The van der Waals surface area contributed by atoms with Gasteiger partial charge in [-0.1, -0.05) is 49.4 Å². The van der Waals surface area contributed by atoms with Crippen LogP contribution in [0.2, 0.25) is 0 Å². The molecular formula is C25H30O3. The number of Topliss-reactive ketones (excluding diaryl/α,β-unsaturated/α-hetero) is 1. The third-order valence-corrected chi connectivity index (χ3v) is 7.57. The topological polar surface area (TPSA) is 57.5 Å². The zero-order chi connectivity index (χ0) is 20.2. The number of carbonyl (C=O) groups is 1. The molecule has 2 aromatic carbocycles. The Morgan fingerprint density at radius 3 is 2.50 bits per heavy atom. The molecule has 28 heavy (non-hydrogen) atoms. The van der Waals surface area contributed by atoms with Crippen LogP contribution < -0.4 is 0 Å². The third kappa shape index (κ3) is 2.67. The maximum absolute atomic E-state index is 11.8. The minimum Gasteiger partial charge on any atom is -0.387 e. The van der Waals surface area contributed by atoms with E-state index >= 15 is 0 Å². The fraction of sp³-hybridized carbons (Fsp3) is 0.480. The molecule has 0 unspecified atom stereocenters. The van der Waals surface area contributed by atoms with Crippen molar-refractivity contribution in [2.45, 2.75) is 69.5 Å². The lowest BCUT2D eigenvalue weighted by molar-refractivity contribution is -0.205. The summed E-state index contributed by atoms with van der Waals surface area (Å²) in [7, 11) is 0. The molecule has 0 bridgehead atoms. The Hall–Kier alpha value is -1.97. The van der Waals surface area contributed by atoms with Crippen molar-refractivity contribution >= 4 is 5.78 Å². The minimum atomic E-state index is -1.26. The van der Waals surface area contributed by atoms with Crippen LogP contribution in [0.4, 0.5) is 0 Å². The summed E-state index contributed by atoms with van der Waals surface area (Å²) in [6.45, 7) is 5.57. The third-order valence-electron chi connectivity index (χ3n) is 7.57. The van der Waals surface area contributed by atoms with Gasteiger partial charge in [0.2, 0.25) is 0 Å². The van der Waals surface area contributed by atoms with Gasteiger partial charge in [-0.2, -0.15) is 0 Å². The molecular weight excluding hydrogens is 348 g/mol. The molecule has 2 aliphatic carbocycles. The lowest BCUT2D eigenvalue weighted by atomic mass is 9.49. The van der Waals surface area contributed by atoms with Gasteiger partial charge in [0.25, 0.3) is 0 Å². The predicted molar refractivity (Wildman–Crippen MR) is 110 cm³/mol. The summed E-state index contributed by atoms with van der Waals surface area (Å²) < 4.78 is 0. The van der Waals surface area contributed by atoms with E-state index in [0.29, 0.717) is 18.8 Å². The van der Waals surface area contributed by atoms with Crippen LogP contribution in [0.15, 0.2) is 48.5 Å². The molecule has 0 aromatic heterocycles. The van der Waals surface area contributed by atoms with Crippen LogP contribution in [0.1, 0.15) is 73.5 Å². The highest BCUT2D eigenvalue weighted by atomic mass is 16.4. The van der Waals surface area contributed by atoms with Crippen molar-refractivity contribution in [1.82, 2.24) is 0 Å². The summed E-state index contributed by atoms with van der Waals surface area (Å²) in [5, 5.41) is 23.2. The van der Waals surface area contributed by atoms with Crippen LogP contribution in [0.3, 0.4) is 0 Å². The minimum absolute atomic E-state index is 0.0876. The first-order valence-electron chi connectivity index (χ1n) is 10.4. The standard InChI is InChI=1S/C25H30O3/c1-4-24-16-23(3,27)25(28,20-8-6-5-7-9-20)15-21(24)12-10-19-14-18(17(2)26)11-13-22(19)24/h5-9,11,13-14,21,27-28H,4,10,12,15-16H2,1-3H3/t21-,23-,24-,25-/m1/s1. The molecule has 0 aliphatic heterocycles. The predicted octanol–water partition coefficient (Wildman–Crippen LogP) is 4.53. The molecule has 4 rings (SSSR count). The van der Waals surface area contributed by atoms with Gasteiger partial charge in [0, 0.05) is 11.0 Å². The Morgan fingerprint density at radius 2 is 1.86 bits per heavy atom. The lowest BCUT2D eigenvalue weighted by Gasteiger charge is -2.59. The fourth-order valence-electron chi connectivity index (χ4n) is 5.95. The van der Waals surface area contributed by atoms with E-state index in [2.05, 4.69) is 13.0 Å². The molecule has 0 saturated heterocycles. The van der Waals surface area contributed by atoms with Gasteiger partial charge in [0.15, 0.2) is 5.78 Å². The Balaban J connectivity index is 1.81. The monoisotopic (exact) mass is 378 g/mol. The van der Waals surface area contributed by atoms with E-state index in [1.807, 2.05) is 42.5 Å². The van der Waals surface area contributed by atoms with Gasteiger partial charge in [-0.25, -0.2) is 0 Å². The number of aliphatic hydroxyl groups is 2. The zero-order valence-electron chi connectivity index (χ0n) is 17.0. The van der Waals surface area contributed by atoms with E-state index < -0.39 is 11.2 Å². The number of fused-ring (bicyclic) bond motifs is 3. The SMILES string of the molecule is CC[C@@]12C[C@@](C)(O)[C@](O)(c3ccccc3)C[C@H]1CCc1cc(C(C)=O)ccc12. The second-order valence-corrected chi connectivity index (χ2v) is 9.05. The summed E-state index contributed by atoms with van der Waals surface area (Å²) in [5.41, 5.74) is 1.36. The van der Waals surface area contributed by atoms with Crippen molar-refractivity contribution in [1.29, 1.82) is 0 Å². The van der Waals surface area contributed by atoms with E-state index in [9.17, 15) is 15.0 Å². The number of benzene rings is 2. The first-order chi connectivity index (χ1) is 13.2. The van der Waals surface area contributed by atoms with Crippen LogP contribution in [0.5, 0.6) is 0 Å². The van der Waals surface area contributed by atoms with Crippen molar-refractivity contribution in [3.63, 3.8) is 0 Å². The Kier molecular flexibility index (Phi) is 4.52. The van der Waals surface area contributed by atoms with Crippen molar-refractivity contribution in [2.75, 3.05) is 0 Å². The summed E-state index contributed by atoms with van der Waals surface area (Å²) in [4.78, 5) is 11.8. The zero-order valence-corrected chi connectivity index (χ0v) is 17.0. The molecule has 4 atom stereocenters. The van der Waals surface area contributed by atoms with Gasteiger partial charge in [-0.15, -0.1) is 0 Å². The Labute approximate surface area is 167 Å². The highest BCUT2D eigenvalue weighted by Crippen LogP contribution is 2.59. The molecule has 0 spiro atoms. The average Bonchev–Trinajstić information content (AvgIpc) is 2.69. The maximum atomic E-state index is 11.8. The van der Waals surface area contributed by atoms with Gasteiger partial charge < -0.3 is 10.2 Å². The van der Waals surface area contributed by atoms with E-state index in [4.69, 9.17) is 0 Å². The van der Waals surface area contributed by atoms with Crippen molar-refractivity contribution in [3.8, 4) is 0 Å². The molecule has 0 radical (unpaired) electrons. The number of aryl methyl sites for hydroxylation is 1. The van der Waals surface area contributed by atoms with E-state index in [1.54, 1.807) is 13.8 Å². The second kappa shape index (κ2) is 6.53. The van der Waals surface area contributed by atoms with Crippen LogP contribution >= 0.6 is 0 Å². The molecule has 2 aliphatic rings. The van der Waals surface area contributed by atoms with Gasteiger partial charge >= 0.3 is 0 Å². The molecule has 1 fully saturated rings. The first-order valence-corrected chi connectivity index (χ1v) is 10.4. The van der Waals surface area contributed by atoms with Gasteiger partial charge in [0.1, 0.15) is 5.60 Å². The van der Waals surface area contributed by atoms with Crippen molar-refractivity contribution in [2.24, 2.45) is 5.92 Å². The molecule has 0 heterocycles. The maximum Gasteiger partial charge on any atom is 0.159 e. The Bertz CT molecular complexity index is 901.